The molecule has 0 atom stereocenters. The highest BCUT2D eigenvalue weighted by atomic mass is 16.5. The first-order chi connectivity index (χ1) is 7.67. The van der Waals surface area contributed by atoms with Crippen LogP contribution in [0.1, 0.15) is 10.4 Å². The third-order valence-corrected chi connectivity index (χ3v) is 2.06. The molecule has 0 spiro atoms. The summed E-state index contributed by atoms with van der Waals surface area (Å²) in [6.07, 6.45) is 0. The number of methoxy groups -OCH3 is 3. The standard InChI is InChI=1S/C10H14N2O4/c1-14-7-4-6(10(13)12-11)5-8(15-2)9(7)16-3/h4-5H,11H2,1-3H3,(H,12,13). The van der Waals surface area contributed by atoms with Gasteiger partial charge in [-0.3, -0.25) is 10.2 Å². The zero-order chi connectivity index (χ0) is 12.1. The summed E-state index contributed by atoms with van der Waals surface area (Å²) in [6.45, 7) is 0. The number of hydrogen-bond donors (Lipinski definition) is 2. The van der Waals surface area contributed by atoms with Gasteiger partial charge in [-0.1, -0.05) is 0 Å². The van der Waals surface area contributed by atoms with E-state index in [1.807, 2.05) is 5.43 Å². The minimum Gasteiger partial charge on any atom is -0.493 e. The molecule has 0 fully saturated rings. The number of carbonyl (C=O) groups excluding carboxylic acids is 1. The van der Waals surface area contributed by atoms with Crippen molar-refractivity contribution in [2.24, 2.45) is 5.84 Å². The minimum absolute atomic E-state index is 0.331. The van der Waals surface area contributed by atoms with Crippen LogP contribution < -0.4 is 25.5 Å². The van der Waals surface area contributed by atoms with E-state index in [0.29, 0.717) is 22.8 Å². The number of hydrazine groups is 1. The van der Waals surface area contributed by atoms with E-state index in [4.69, 9.17) is 20.1 Å². The largest absolute Gasteiger partial charge is 0.493 e. The van der Waals surface area contributed by atoms with Crippen LogP contribution in [0.3, 0.4) is 0 Å². The van der Waals surface area contributed by atoms with Crippen molar-refractivity contribution in [3.8, 4) is 17.2 Å². The molecule has 3 N–H and O–H groups in total. The van der Waals surface area contributed by atoms with E-state index >= 15 is 0 Å². The highest BCUT2D eigenvalue weighted by Crippen LogP contribution is 2.38. The number of rotatable bonds is 4. The molecule has 6 heteroatoms. The number of nitrogens with two attached hydrogens (primary N) is 1. The summed E-state index contributed by atoms with van der Waals surface area (Å²) in [4.78, 5) is 11.4. The van der Waals surface area contributed by atoms with Gasteiger partial charge in [-0.25, -0.2) is 5.84 Å². The molecule has 0 saturated carbocycles. The van der Waals surface area contributed by atoms with Crippen LogP contribution in [0, 0.1) is 0 Å². The lowest BCUT2D eigenvalue weighted by Crippen LogP contribution is -2.30. The third kappa shape index (κ3) is 2.17. The van der Waals surface area contributed by atoms with E-state index in [1.54, 1.807) is 0 Å². The molecule has 1 aromatic rings. The van der Waals surface area contributed by atoms with Crippen LogP contribution in [0.5, 0.6) is 17.2 Å². The van der Waals surface area contributed by atoms with Gasteiger partial charge in [0.1, 0.15) is 0 Å². The molecule has 16 heavy (non-hydrogen) atoms. The van der Waals surface area contributed by atoms with Gasteiger partial charge in [-0.15, -0.1) is 0 Å². The molecule has 0 heterocycles. The molecule has 0 aliphatic heterocycles. The van der Waals surface area contributed by atoms with Crippen molar-refractivity contribution in [3.63, 3.8) is 0 Å². The second-order valence-electron chi connectivity index (χ2n) is 2.89. The first kappa shape index (κ1) is 12.1. The molecule has 0 saturated heterocycles. The van der Waals surface area contributed by atoms with Gasteiger partial charge in [-0.2, -0.15) is 0 Å². The zero-order valence-corrected chi connectivity index (χ0v) is 9.37. The number of nitrogen functional groups attached to an aromatic ring is 1. The number of carbonyl (C=O) groups is 1. The Bertz CT molecular complexity index is 367. The molecule has 1 rings (SSSR count). The van der Waals surface area contributed by atoms with Gasteiger partial charge in [0.2, 0.25) is 5.75 Å². The predicted octanol–water partition coefficient (Wildman–Crippen LogP) is 0.316. The Morgan fingerprint density at radius 3 is 1.94 bits per heavy atom. The minimum atomic E-state index is -0.431. The lowest BCUT2D eigenvalue weighted by atomic mass is 10.1. The number of benzene rings is 1. The van der Waals surface area contributed by atoms with Crippen molar-refractivity contribution in [1.29, 1.82) is 0 Å². The Labute approximate surface area is 93.3 Å². The Kier molecular flexibility index (Phi) is 3.96. The van der Waals surface area contributed by atoms with Gasteiger partial charge in [0.05, 0.1) is 21.3 Å². The van der Waals surface area contributed by atoms with Crippen molar-refractivity contribution in [1.82, 2.24) is 5.43 Å². The highest BCUT2D eigenvalue weighted by molar-refractivity contribution is 5.95. The van der Waals surface area contributed by atoms with Crippen LogP contribution in [0.4, 0.5) is 0 Å². The molecule has 0 aliphatic rings. The lowest BCUT2D eigenvalue weighted by molar-refractivity contribution is 0.0953. The normalized spacial score (nSPS) is 9.50. The molecular weight excluding hydrogens is 212 g/mol. The SMILES string of the molecule is COc1cc(C(=O)NN)cc(OC)c1OC. The average molecular weight is 226 g/mol. The van der Waals surface area contributed by atoms with Crippen LogP contribution in [-0.2, 0) is 0 Å². The Morgan fingerprint density at radius 1 is 1.12 bits per heavy atom. The van der Waals surface area contributed by atoms with E-state index in [1.165, 1.54) is 33.5 Å². The van der Waals surface area contributed by atoms with Crippen LogP contribution in [0.2, 0.25) is 0 Å². The van der Waals surface area contributed by atoms with Gasteiger partial charge in [0.25, 0.3) is 5.91 Å². The van der Waals surface area contributed by atoms with Crippen LogP contribution in [0.15, 0.2) is 12.1 Å². The molecule has 6 nitrogen and oxygen atoms in total. The molecule has 88 valence electrons. The Morgan fingerprint density at radius 2 is 1.62 bits per heavy atom. The molecule has 0 bridgehead atoms. The summed E-state index contributed by atoms with van der Waals surface area (Å²) < 4.78 is 15.3. The van der Waals surface area contributed by atoms with Gasteiger partial charge >= 0.3 is 0 Å². The Hall–Kier alpha value is -1.95. The summed E-state index contributed by atoms with van der Waals surface area (Å²) in [5, 5.41) is 0. The predicted molar refractivity (Wildman–Crippen MR) is 57.8 cm³/mol. The summed E-state index contributed by atoms with van der Waals surface area (Å²) in [5.41, 5.74) is 2.36. The highest BCUT2D eigenvalue weighted by Gasteiger charge is 2.16. The van der Waals surface area contributed by atoms with E-state index < -0.39 is 5.91 Å². The summed E-state index contributed by atoms with van der Waals surface area (Å²) in [5.74, 6) is 5.85. The molecule has 0 radical (unpaired) electrons. The maximum absolute atomic E-state index is 11.4. The molecule has 0 aliphatic carbocycles. The maximum atomic E-state index is 11.4. The topological polar surface area (TPSA) is 82.8 Å². The molecule has 1 amide bonds. The number of hydrogen-bond acceptors (Lipinski definition) is 5. The fourth-order valence-corrected chi connectivity index (χ4v) is 1.30. The van der Waals surface area contributed by atoms with E-state index in [0.717, 1.165) is 0 Å². The summed E-state index contributed by atoms with van der Waals surface area (Å²) in [6, 6.07) is 3.03. The first-order valence-corrected chi connectivity index (χ1v) is 4.48. The summed E-state index contributed by atoms with van der Waals surface area (Å²) >= 11 is 0. The lowest BCUT2D eigenvalue weighted by Gasteiger charge is -2.13. The van der Waals surface area contributed by atoms with Crippen molar-refractivity contribution < 1.29 is 19.0 Å². The van der Waals surface area contributed by atoms with Gasteiger partial charge in [0, 0.05) is 5.56 Å². The third-order valence-electron chi connectivity index (χ3n) is 2.06. The van der Waals surface area contributed by atoms with Gasteiger partial charge in [-0.05, 0) is 12.1 Å². The van der Waals surface area contributed by atoms with Crippen molar-refractivity contribution in [2.75, 3.05) is 21.3 Å². The van der Waals surface area contributed by atoms with E-state index in [2.05, 4.69) is 0 Å². The molecular formula is C10H14N2O4. The van der Waals surface area contributed by atoms with Crippen LogP contribution in [-0.4, -0.2) is 27.2 Å². The van der Waals surface area contributed by atoms with E-state index in [-0.39, 0.29) is 0 Å². The van der Waals surface area contributed by atoms with Gasteiger partial charge in [0.15, 0.2) is 11.5 Å². The fraction of sp³-hybridized carbons (Fsp3) is 0.300. The zero-order valence-electron chi connectivity index (χ0n) is 9.37. The second kappa shape index (κ2) is 5.22. The van der Waals surface area contributed by atoms with Crippen LogP contribution >= 0.6 is 0 Å². The van der Waals surface area contributed by atoms with Crippen LogP contribution in [0.25, 0.3) is 0 Å². The fourth-order valence-electron chi connectivity index (χ4n) is 1.30. The molecule has 0 aromatic heterocycles. The number of amides is 1. The molecule has 1 aromatic carbocycles. The van der Waals surface area contributed by atoms with Gasteiger partial charge < -0.3 is 14.2 Å². The number of nitrogens with one attached hydrogen (secondary N) is 1. The second-order valence-corrected chi connectivity index (χ2v) is 2.89. The number of ether oxygens (including phenoxy) is 3. The quantitative estimate of drug-likeness (QED) is 0.439. The Balaban J connectivity index is 3.31. The summed E-state index contributed by atoms with van der Waals surface area (Å²) in [7, 11) is 4.44. The molecule has 0 unspecified atom stereocenters. The first-order valence-electron chi connectivity index (χ1n) is 4.48. The van der Waals surface area contributed by atoms with Crippen molar-refractivity contribution in [3.05, 3.63) is 17.7 Å². The monoisotopic (exact) mass is 226 g/mol. The van der Waals surface area contributed by atoms with E-state index in [9.17, 15) is 4.79 Å². The smallest absolute Gasteiger partial charge is 0.265 e. The van der Waals surface area contributed by atoms with Crippen molar-refractivity contribution in [2.45, 2.75) is 0 Å². The maximum Gasteiger partial charge on any atom is 0.265 e. The average Bonchev–Trinajstić information content (AvgIpc) is 2.35. The van der Waals surface area contributed by atoms with Crippen molar-refractivity contribution >= 4 is 5.91 Å².